The van der Waals surface area contributed by atoms with Crippen molar-refractivity contribution in [3.63, 3.8) is 0 Å². The Labute approximate surface area is 102 Å². The molecule has 0 aliphatic heterocycles. The minimum atomic E-state index is 0.0753. The van der Waals surface area contributed by atoms with Gasteiger partial charge in [-0.2, -0.15) is 0 Å². The number of aliphatic hydroxyl groups excluding tert-OH is 1. The van der Waals surface area contributed by atoms with Gasteiger partial charge in [0.2, 0.25) is 0 Å². The highest BCUT2D eigenvalue weighted by Gasteiger charge is 2.08. The highest BCUT2D eigenvalue weighted by Crippen LogP contribution is 2.23. The molecule has 0 aliphatic rings. The number of aromatic nitrogens is 1. The third-order valence-corrected chi connectivity index (χ3v) is 3.15. The summed E-state index contributed by atoms with van der Waals surface area (Å²) < 4.78 is 0. The molecule has 0 fully saturated rings. The van der Waals surface area contributed by atoms with Crippen LogP contribution in [-0.4, -0.2) is 10.1 Å². The van der Waals surface area contributed by atoms with Crippen molar-refractivity contribution in [2.45, 2.75) is 39.7 Å². The van der Waals surface area contributed by atoms with Gasteiger partial charge in [-0.15, -0.1) is 0 Å². The lowest BCUT2D eigenvalue weighted by atomic mass is 10.0. The van der Waals surface area contributed by atoms with Gasteiger partial charge in [0, 0.05) is 11.1 Å². The zero-order valence-electron chi connectivity index (χ0n) is 10.7. The van der Waals surface area contributed by atoms with Gasteiger partial charge in [0.05, 0.1) is 12.1 Å². The van der Waals surface area contributed by atoms with E-state index < -0.39 is 0 Å². The van der Waals surface area contributed by atoms with E-state index >= 15 is 0 Å². The summed E-state index contributed by atoms with van der Waals surface area (Å²) in [6, 6.07) is 8.32. The Morgan fingerprint density at radius 2 is 2.00 bits per heavy atom. The third kappa shape index (κ3) is 2.32. The first-order chi connectivity index (χ1) is 8.15. The molecular formula is C15H19NO. The summed E-state index contributed by atoms with van der Waals surface area (Å²) in [5.41, 5.74) is 4.29. The Kier molecular flexibility index (Phi) is 3.43. The minimum Gasteiger partial charge on any atom is -0.392 e. The average molecular weight is 229 g/mol. The molecule has 17 heavy (non-hydrogen) atoms. The van der Waals surface area contributed by atoms with Crippen LogP contribution in [0.15, 0.2) is 24.3 Å². The molecule has 0 saturated heterocycles. The first-order valence-electron chi connectivity index (χ1n) is 6.19. The van der Waals surface area contributed by atoms with E-state index in [2.05, 4.69) is 44.0 Å². The van der Waals surface area contributed by atoms with Crippen LogP contribution in [0.25, 0.3) is 10.9 Å². The van der Waals surface area contributed by atoms with Crippen LogP contribution in [0.1, 0.15) is 43.5 Å². The van der Waals surface area contributed by atoms with Gasteiger partial charge in [-0.1, -0.05) is 26.8 Å². The number of pyridine rings is 1. The maximum atomic E-state index is 9.48. The van der Waals surface area contributed by atoms with Gasteiger partial charge in [0.1, 0.15) is 0 Å². The third-order valence-electron chi connectivity index (χ3n) is 3.15. The molecule has 90 valence electrons. The van der Waals surface area contributed by atoms with Crippen molar-refractivity contribution in [3.8, 4) is 0 Å². The van der Waals surface area contributed by atoms with E-state index in [0.29, 0.717) is 5.92 Å². The second kappa shape index (κ2) is 4.84. The van der Waals surface area contributed by atoms with Gasteiger partial charge >= 0.3 is 0 Å². The lowest BCUT2D eigenvalue weighted by molar-refractivity contribution is 0.283. The number of nitrogens with zero attached hydrogens (tertiary/aromatic N) is 1. The van der Waals surface area contributed by atoms with E-state index in [4.69, 9.17) is 0 Å². The van der Waals surface area contributed by atoms with E-state index in [1.165, 1.54) is 5.56 Å². The number of fused-ring (bicyclic) bond motifs is 1. The summed E-state index contributed by atoms with van der Waals surface area (Å²) in [7, 11) is 0. The number of hydrogen-bond acceptors (Lipinski definition) is 2. The van der Waals surface area contributed by atoms with Crippen molar-refractivity contribution in [1.29, 1.82) is 0 Å². The van der Waals surface area contributed by atoms with Gasteiger partial charge in [-0.25, -0.2) is 0 Å². The van der Waals surface area contributed by atoms with E-state index in [-0.39, 0.29) is 6.61 Å². The van der Waals surface area contributed by atoms with Crippen molar-refractivity contribution >= 4 is 10.9 Å². The quantitative estimate of drug-likeness (QED) is 0.875. The van der Waals surface area contributed by atoms with Crippen LogP contribution in [0.5, 0.6) is 0 Å². The van der Waals surface area contributed by atoms with Gasteiger partial charge < -0.3 is 5.11 Å². The molecule has 0 unspecified atom stereocenters. The minimum absolute atomic E-state index is 0.0753. The Balaban J connectivity index is 2.68. The molecule has 0 amide bonds. The van der Waals surface area contributed by atoms with Gasteiger partial charge in [0.25, 0.3) is 0 Å². The number of benzene rings is 1. The maximum Gasteiger partial charge on any atom is 0.0709 e. The second-order valence-corrected chi connectivity index (χ2v) is 4.72. The lowest BCUT2D eigenvalue weighted by Crippen LogP contribution is -1.98. The Hall–Kier alpha value is -1.41. The monoisotopic (exact) mass is 229 g/mol. The molecule has 1 N–H and O–H groups in total. The predicted octanol–water partition coefficient (Wildman–Crippen LogP) is 3.41. The average Bonchev–Trinajstić information content (AvgIpc) is 2.36. The van der Waals surface area contributed by atoms with E-state index in [1.807, 2.05) is 6.07 Å². The van der Waals surface area contributed by atoms with Crippen LogP contribution in [0, 0.1) is 0 Å². The fraction of sp³-hybridized carbons (Fsp3) is 0.400. The molecule has 1 heterocycles. The highest BCUT2D eigenvalue weighted by atomic mass is 16.3. The number of aliphatic hydroxyl groups is 1. The number of hydrogen-bond donors (Lipinski definition) is 1. The Morgan fingerprint density at radius 1 is 1.24 bits per heavy atom. The SMILES string of the molecule is CCc1ccc2nc(C(C)C)cc(CO)c2c1. The van der Waals surface area contributed by atoms with E-state index in [9.17, 15) is 5.11 Å². The molecule has 0 spiro atoms. The second-order valence-electron chi connectivity index (χ2n) is 4.72. The molecule has 2 heteroatoms. The van der Waals surface area contributed by atoms with E-state index in [0.717, 1.165) is 28.6 Å². The Bertz CT molecular complexity index is 532. The summed E-state index contributed by atoms with van der Waals surface area (Å²) in [6.07, 6.45) is 1.01. The Morgan fingerprint density at radius 3 is 2.59 bits per heavy atom. The highest BCUT2D eigenvalue weighted by molar-refractivity contribution is 5.83. The topological polar surface area (TPSA) is 33.1 Å². The molecule has 0 radical (unpaired) electrons. The smallest absolute Gasteiger partial charge is 0.0709 e. The van der Waals surface area contributed by atoms with Gasteiger partial charge in [0.15, 0.2) is 0 Å². The molecule has 1 aromatic heterocycles. The van der Waals surface area contributed by atoms with Gasteiger partial charge in [-0.3, -0.25) is 4.98 Å². The van der Waals surface area contributed by atoms with Crippen molar-refractivity contribution in [1.82, 2.24) is 4.98 Å². The fourth-order valence-electron chi connectivity index (χ4n) is 2.01. The van der Waals surface area contributed by atoms with Crippen molar-refractivity contribution in [3.05, 3.63) is 41.1 Å². The molecule has 2 rings (SSSR count). The largest absolute Gasteiger partial charge is 0.392 e. The molecule has 2 aromatic rings. The molecule has 1 aromatic carbocycles. The molecule has 0 atom stereocenters. The van der Waals surface area contributed by atoms with Crippen LogP contribution in [0.3, 0.4) is 0 Å². The zero-order valence-corrected chi connectivity index (χ0v) is 10.7. The summed E-state index contributed by atoms with van der Waals surface area (Å²) in [5.74, 6) is 0.385. The zero-order chi connectivity index (χ0) is 12.4. The molecule has 2 nitrogen and oxygen atoms in total. The molecule has 0 bridgehead atoms. The first kappa shape index (κ1) is 12.1. The van der Waals surface area contributed by atoms with Crippen LogP contribution in [-0.2, 0) is 13.0 Å². The summed E-state index contributed by atoms with van der Waals surface area (Å²) in [5, 5.41) is 10.6. The first-order valence-corrected chi connectivity index (χ1v) is 6.19. The number of rotatable bonds is 3. The van der Waals surface area contributed by atoms with Crippen molar-refractivity contribution < 1.29 is 5.11 Å². The molecule has 0 saturated carbocycles. The van der Waals surface area contributed by atoms with Crippen LogP contribution in [0.2, 0.25) is 0 Å². The summed E-state index contributed by atoms with van der Waals surface area (Å²) in [6.45, 7) is 6.45. The summed E-state index contributed by atoms with van der Waals surface area (Å²) >= 11 is 0. The van der Waals surface area contributed by atoms with Crippen LogP contribution >= 0.6 is 0 Å². The van der Waals surface area contributed by atoms with E-state index in [1.54, 1.807) is 0 Å². The normalized spacial score (nSPS) is 11.4. The van der Waals surface area contributed by atoms with Crippen LogP contribution < -0.4 is 0 Å². The summed E-state index contributed by atoms with van der Waals surface area (Å²) in [4.78, 5) is 4.65. The molecule has 0 aliphatic carbocycles. The predicted molar refractivity (Wildman–Crippen MR) is 71.1 cm³/mol. The van der Waals surface area contributed by atoms with Crippen molar-refractivity contribution in [2.24, 2.45) is 0 Å². The van der Waals surface area contributed by atoms with Crippen molar-refractivity contribution in [2.75, 3.05) is 0 Å². The molecular weight excluding hydrogens is 210 g/mol. The van der Waals surface area contributed by atoms with Gasteiger partial charge in [-0.05, 0) is 41.7 Å². The lowest BCUT2D eigenvalue weighted by Gasteiger charge is -2.11. The standard InChI is InChI=1S/C15H19NO/c1-4-11-5-6-14-13(7-11)12(9-17)8-15(16-14)10(2)3/h5-8,10,17H,4,9H2,1-3H3. The number of aryl methyl sites for hydroxylation is 1. The fourth-order valence-corrected chi connectivity index (χ4v) is 2.01. The van der Waals surface area contributed by atoms with Crippen LogP contribution in [0.4, 0.5) is 0 Å². The maximum absolute atomic E-state index is 9.48.